The first-order chi connectivity index (χ1) is 8.54. The molecule has 6 heteroatoms. The third-order valence-electron chi connectivity index (χ3n) is 3.02. The van der Waals surface area contributed by atoms with Gasteiger partial charge in [-0.15, -0.1) is 0 Å². The van der Waals surface area contributed by atoms with Gasteiger partial charge in [0.1, 0.15) is 0 Å². The number of nitrogens with zero attached hydrogens (tertiary/aromatic N) is 1. The molecule has 1 aliphatic heterocycles. The van der Waals surface area contributed by atoms with Crippen LogP contribution in [0.25, 0.3) is 0 Å². The molecule has 3 N–H and O–H groups in total. The Morgan fingerprint density at radius 1 is 1.61 bits per heavy atom. The minimum atomic E-state index is -0.450. The number of carbonyl (C=O) groups excluding carboxylic acids is 2. The van der Waals surface area contributed by atoms with Crippen molar-refractivity contribution in [3.8, 4) is 0 Å². The van der Waals surface area contributed by atoms with E-state index in [0.29, 0.717) is 19.4 Å². The lowest BCUT2D eigenvalue weighted by molar-refractivity contribution is -0.129. The van der Waals surface area contributed by atoms with Gasteiger partial charge in [-0.05, 0) is 31.8 Å². The molecule has 1 rings (SSSR count). The van der Waals surface area contributed by atoms with Crippen LogP contribution in [0.15, 0.2) is 0 Å². The summed E-state index contributed by atoms with van der Waals surface area (Å²) >= 11 is 1.68. The molecule has 1 heterocycles. The van der Waals surface area contributed by atoms with Crippen molar-refractivity contribution in [2.75, 3.05) is 25.1 Å². The fourth-order valence-electron chi connectivity index (χ4n) is 2.00. The molecule has 5 nitrogen and oxygen atoms in total. The van der Waals surface area contributed by atoms with Crippen LogP contribution in [0, 0.1) is 0 Å². The molecule has 0 aromatic heterocycles. The highest BCUT2D eigenvalue weighted by Gasteiger charge is 2.23. The van der Waals surface area contributed by atoms with Crippen LogP contribution in [0.4, 0.5) is 0 Å². The van der Waals surface area contributed by atoms with Crippen LogP contribution in [-0.2, 0) is 9.59 Å². The molecular formula is C12H23N3O2S. The normalized spacial score (nSPS) is 18.8. The maximum Gasteiger partial charge on any atom is 0.237 e. The highest BCUT2D eigenvalue weighted by Crippen LogP contribution is 2.09. The van der Waals surface area contributed by atoms with Crippen molar-refractivity contribution in [2.24, 2.45) is 5.73 Å². The Bertz CT molecular complexity index is 299. The van der Waals surface area contributed by atoms with Crippen LogP contribution in [0.1, 0.15) is 26.2 Å². The summed E-state index contributed by atoms with van der Waals surface area (Å²) < 4.78 is 0. The van der Waals surface area contributed by atoms with Crippen molar-refractivity contribution in [2.45, 2.75) is 38.3 Å². The highest BCUT2D eigenvalue weighted by atomic mass is 32.2. The molecule has 0 aliphatic carbocycles. The molecule has 0 spiro atoms. The van der Waals surface area contributed by atoms with E-state index in [1.807, 2.05) is 13.2 Å². The molecule has 104 valence electrons. The third-order valence-corrected chi connectivity index (χ3v) is 3.67. The topological polar surface area (TPSA) is 75.4 Å². The van der Waals surface area contributed by atoms with E-state index in [1.165, 1.54) is 0 Å². The number of hydrogen-bond acceptors (Lipinski definition) is 4. The summed E-state index contributed by atoms with van der Waals surface area (Å²) in [7, 11) is 0. The van der Waals surface area contributed by atoms with Crippen molar-refractivity contribution >= 4 is 23.6 Å². The van der Waals surface area contributed by atoms with E-state index in [1.54, 1.807) is 16.7 Å². The van der Waals surface area contributed by atoms with Crippen LogP contribution in [0.2, 0.25) is 0 Å². The average molecular weight is 273 g/mol. The molecule has 2 atom stereocenters. The van der Waals surface area contributed by atoms with Crippen LogP contribution in [-0.4, -0.2) is 53.9 Å². The lowest BCUT2D eigenvalue weighted by Gasteiger charge is -2.23. The van der Waals surface area contributed by atoms with Gasteiger partial charge in [0.25, 0.3) is 0 Å². The Labute approximate surface area is 113 Å². The number of amides is 2. The largest absolute Gasteiger partial charge is 0.351 e. The molecule has 1 saturated heterocycles. The van der Waals surface area contributed by atoms with Gasteiger partial charge in [-0.25, -0.2) is 0 Å². The number of nitrogens with two attached hydrogens (primary N) is 1. The van der Waals surface area contributed by atoms with Gasteiger partial charge in [0.2, 0.25) is 11.8 Å². The van der Waals surface area contributed by atoms with Gasteiger partial charge >= 0.3 is 0 Å². The maximum absolute atomic E-state index is 11.8. The van der Waals surface area contributed by atoms with E-state index >= 15 is 0 Å². The molecule has 18 heavy (non-hydrogen) atoms. The van der Waals surface area contributed by atoms with Crippen molar-refractivity contribution in [1.29, 1.82) is 0 Å². The molecule has 0 aromatic carbocycles. The number of likely N-dealkylation sites (tertiary alicyclic amines) is 1. The van der Waals surface area contributed by atoms with Crippen molar-refractivity contribution in [3.63, 3.8) is 0 Å². The zero-order chi connectivity index (χ0) is 13.5. The fraction of sp³-hybridized carbons (Fsp3) is 0.833. The van der Waals surface area contributed by atoms with Gasteiger partial charge < -0.3 is 16.0 Å². The minimum Gasteiger partial charge on any atom is -0.351 e. The lowest BCUT2D eigenvalue weighted by atomic mass is 10.2. The molecule has 0 saturated carbocycles. The molecule has 2 amide bonds. The standard InChI is InChI=1S/C12H23N3O2S/c1-9(8-15-6-3-4-11(15)16)14-12(17)10(13)5-7-18-2/h9-10H,3-8,13H2,1-2H3,(H,14,17)/t9?,10-/m0/s1. The second-order valence-electron chi connectivity index (χ2n) is 4.74. The fourth-order valence-corrected chi connectivity index (χ4v) is 2.49. The van der Waals surface area contributed by atoms with E-state index < -0.39 is 6.04 Å². The molecule has 1 fully saturated rings. The molecule has 1 unspecified atom stereocenters. The van der Waals surface area contributed by atoms with Gasteiger partial charge in [-0.1, -0.05) is 0 Å². The zero-order valence-electron chi connectivity index (χ0n) is 11.1. The van der Waals surface area contributed by atoms with Crippen molar-refractivity contribution in [1.82, 2.24) is 10.2 Å². The molecule has 0 aromatic rings. The molecule has 0 radical (unpaired) electrons. The second kappa shape index (κ2) is 7.63. The predicted molar refractivity (Wildman–Crippen MR) is 74.4 cm³/mol. The summed E-state index contributed by atoms with van der Waals surface area (Å²) in [5.74, 6) is 0.944. The van der Waals surface area contributed by atoms with E-state index in [0.717, 1.165) is 18.7 Å². The Balaban J connectivity index is 2.28. The van der Waals surface area contributed by atoms with Gasteiger partial charge in [0.15, 0.2) is 0 Å². The first-order valence-electron chi connectivity index (χ1n) is 6.37. The molecule has 1 aliphatic rings. The Kier molecular flexibility index (Phi) is 6.49. The zero-order valence-corrected chi connectivity index (χ0v) is 12.0. The van der Waals surface area contributed by atoms with E-state index in [2.05, 4.69) is 5.32 Å². The van der Waals surface area contributed by atoms with Crippen LogP contribution in [0.3, 0.4) is 0 Å². The molecule has 0 bridgehead atoms. The Morgan fingerprint density at radius 2 is 2.33 bits per heavy atom. The van der Waals surface area contributed by atoms with E-state index in [4.69, 9.17) is 5.73 Å². The van der Waals surface area contributed by atoms with Crippen LogP contribution >= 0.6 is 11.8 Å². The SMILES string of the molecule is CSCC[C@H](N)C(=O)NC(C)CN1CCCC1=O. The number of nitrogens with one attached hydrogen (secondary N) is 1. The average Bonchev–Trinajstić information content (AvgIpc) is 2.71. The van der Waals surface area contributed by atoms with Gasteiger partial charge in [0.05, 0.1) is 6.04 Å². The minimum absolute atomic E-state index is 0.0418. The predicted octanol–water partition coefficient (Wildman–Crippen LogP) is 0.194. The summed E-state index contributed by atoms with van der Waals surface area (Å²) in [6.45, 7) is 3.29. The van der Waals surface area contributed by atoms with Crippen LogP contribution < -0.4 is 11.1 Å². The number of thioether (sulfide) groups is 1. The first-order valence-corrected chi connectivity index (χ1v) is 7.76. The Hall–Kier alpha value is -0.750. The highest BCUT2D eigenvalue weighted by molar-refractivity contribution is 7.98. The third kappa shape index (κ3) is 4.86. The number of rotatable bonds is 7. The summed E-state index contributed by atoms with van der Waals surface area (Å²) in [4.78, 5) is 25.0. The summed E-state index contributed by atoms with van der Waals surface area (Å²) in [6, 6.07) is -0.492. The first kappa shape index (κ1) is 15.3. The maximum atomic E-state index is 11.8. The monoisotopic (exact) mass is 273 g/mol. The summed E-state index contributed by atoms with van der Waals surface area (Å²) in [5, 5.41) is 2.87. The Morgan fingerprint density at radius 3 is 2.89 bits per heavy atom. The van der Waals surface area contributed by atoms with Gasteiger partial charge in [-0.2, -0.15) is 11.8 Å². The lowest BCUT2D eigenvalue weighted by Crippen LogP contribution is -2.48. The van der Waals surface area contributed by atoms with E-state index in [-0.39, 0.29) is 17.9 Å². The summed E-state index contributed by atoms with van der Waals surface area (Å²) in [6.07, 6.45) is 4.23. The van der Waals surface area contributed by atoms with Crippen LogP contribution in [0.5, 0.6) is 0 Å². The van der Waals surface area contributed by atoms with E-state index in [9.17, 15) is 9.59 Å². The smallest absolute Gasteiger partial charge is 0.237 e. The molecular weight excluding hydrogens is 250 g/mol. The second-order valence-corrected chi connectivity index (χ2v) is 5.73. The summed E-state index contributed by atoms with van der Waals surface area (Å²) in [5.41, 5.74) is 5.78. The number of hydrogen-bond donors (Lipinski definition) is 2. The van der Waals surface area contributed by atoms with Gasteiger partial charge in [0, 0.05) is 25.6 Å². The number of carbonyl (C=O) groups is 2. The van der Waals surface area contributed by atoms with Crippen molar-refractivity contribution < 1.29 is 9.59 Å². The van der Waals surface area contributed by atoms with Crippen molar-refractivity contribution in [3.05, 3.63) is 0 Å². The quantitative estimate of drug-likeness (QED) is 0.694. The van der Waals surface area contributed by atoms with Gasteiger partial charge in [-0.3, -0.25) is 9.59 Å².